The predicted octanol–water partition coefficient (Wildman–Crippen LogP) is 2.26. The van der Waals surface area contributed by atoms with Crippen LogP contribution < -0.4 is 0 Å². The minimum absolute atomic E-state index is 0.938. The third-order valence-corrected chi connectivity index (χ3v) is 5.00. The van der Waals surface area contributed by atoms with E-state index >= 15 is 0 Å². The van der Waals surface area contributed by atoms with Crippen LogP contribution in [0.25, 0.3) is 5.65 Å². The summed E-state index contributed by atoms with van der Waals surface area (Å²) in [5, 5.41) is 4.39. The van der Waals surface area contributed by atoms with Crippen LogP contribution in [0.4, 0.5) is 0 Å². The molecule has 3 aromatic rings. The fraction of sp³-hybridized carbons (Fsp3) is 0.474. The van der Waals surface area contributed by atoms with E-state index in [0.29, 0.717) is 0 Å². The van der Waals surface area contributed by atoms with Crippen LogP contribution >= 0.6 is 0 Å². The van der Waals surface area contributed by atoms with Gasteiger partial charge in [0.05, 0.1) is 6.20 Å². The first-order valence-corrected chi connectivity index (χ1v) is 9.19. The Morgan fingerprint density at radius 2 is 1.88 bits per heavy atom. The van der Waals surface area contributed by atoms with Crippen molar-refractivity contribution in [3.8, 4) is 0 Å². The molecule has 0 atom stereocenters. The summed E-state index contributed by atoms with van der Waals surface area (Å²) in [6.45, 7) is 9.57. The quantitative estimate of drug-likeness (QED) is 0.716. The predicted molar refractivity (Wildman–Crippen MR) is 98.3 cm³/mol. The summed E-state index contributed by atoms with van der Waals surface area (Å²) < 4.78 is 4.20. The Morgan fingerprint density at radius 1 is 1.04 bits per heavy atom. The molecule has 25 heavy (non-hydrogen) atoms. The Labute approximate surface area is 148 Å². The molecule has 0 radical (unpaired) electrons. The normalized spacial score (nSPS) is 17.2. The molecular formula is C19H26N6. The van der Waals surface area contributed by atoms with E-state index in [1.807, 2.05) is 17.1 Å². The van der Waals surface area contributed by atoms with Gasteiger partial charge in [-0.3, -0.25) is 14.5 Å². The molecule has 1 saturated heterocycles. The summed E-state index contributed by atoms with van der Waals surface area (Å²) in [6.07, 6.45) is 9.32. The lowest BCUT2D eigenvalue weighted by atomic mass is 10.3. The molecule has 0 amide bonds. The number of fused-ring (bicyclic) bond motifs is 1. The van der Waals surface area contributed by atoms with Crippen molar-refractivity contribution in [3.05, 3.63) is 54.2 Å². The Bertz CT molecular complexity index is 820. The maximum atomic E-state index is 4.39. The Morgan fingerprint density at radius 3 is 2.68 bits per heavy atom. The fourth-order valence-electron chi connectivity index (χ4n) is 3.62. The van der Waals surface area contributed by atoms with E-state index in [9.17, 15) is 0 Å². The highest BCUT2D eigenvalue weighted by Gasteiger charge is 2.16. The zero-order valence-electron chi connectivity index (χ0n) is 14.9. The highest BCUT2D eigenvalue weighted by Crippen LogP contribution is 2.13. The van der Waals surface area contributed by atoms with Crippen molar-refractivity contribution >= 4 is 5.65 Å². The Hall–Kier alpha value is -2.18. The first kappa shape index (κ1) is 16.3. The maximum absolute atomic E-state index is 4.39. The average Bonchev–Trinajstić information content (AvgIpc) is 3.23. The van der Waals surface area contributed by atoms with Crippen LogP contribution in [0, 0.1) is 0 Å². The molecule has 0 saturated carbocycles. The summed E-state index contributed by atoms with van der Waals surface area (Å²) in [6, 6.07) is 6.37. The number of rotatable bonds is 5. The highest BCUT2D eigenvalue weighted by molar-refractivity contribution is 5.39. The second kappa shape index (κ2) is 7.37. The van der Waals surface area contributed by atoms with Gasteiger partial charge >= 0.3 is 0 Å². The molecule has 3 aromatic heterocycles. The number of imidazole rings is 1. The highest BCUT2D eigenvalue weighted by atomic mass is 15.3. The van der Waals surface area contributed by atoms with E-state index in [2.05, 4.69) is 61.8 Å². The standard InChI is InChI=1S/C19H26N6/c1-2-24-15-17(13-21-24)14-22-8-4-9-23(12-11-22)16-18-5-3-6-19-20-7-10-25(18)19/h3,5-7,10,13,15H,2,4,8-9,11-12,14,16H2,1H3. The SMILES string of the molecule is CCn1cc(CN2CCCN(Cc3cccc4nccn34)CC2)cn1. The number of hydrogen-bond acceptors (Lipinski definition) is 4. The minimum Gasteiger partial charge on any atom is -0.303 e. The van der Waals surface area contributed by atoms with Gasteiger partial charge in [0.15, 0.2) is 0 Å². The lowest BCUT2D eigenvalue weighted by Crippen LogP contribution is -2.30. The molecular weight excluding hydrogens is 312 g/mol. The largest absolute Gasteiger partial charge is 0.303 e. The molecule has 0 unspecified atom stereocenters. The van der Waals surface area contributed by atoms with Crippen molar-refractivity contribution in [1.82, 2.24) is 29.0 Å². The van der Waals surface area contributed by atoms with E-state index < -0.39 is 0 Å². The molecule has 4 rings (SSSR count). The van der Waals surface area contributed by atoms with Crippen molar-refractivity contribution in [3.63, 3.8) is 0 Å². The second-order valence-corrected chi connectivity index (χ2v) is 6.78. The van der Waals surface area contributed by atoms with Gasteiger partial charge < -0.3 is 4.40 Å². The third kappa shape index (κ3) is 3.75. The van der Waals surface area contributed by atoms with Crippen molar-refractivity contribution in [2.45, 2.75) is 33.0 Å². The zero-order valence-corrected chi connectivity index (χ0v) is 14.9. The molecule has 132 valence electrons. The Kier molecular flexibility index (Phi) is 4.81. The van der Waals surface area contributed by atoms with Gasteiger partial charge in [-0.05, 0) is 38.6 Å². The van der Waals surface area contributed by atoms with Gasteiger partial charge in [-0.1, -0.05) is 6.07 Å². The first-order valence-electron chi connectivity index (χ1n) is 9.19. The van der Waals surface area contributed by atoms with Gasteiger partial charge in [0, 0.05) is 62.6 Å². The molecule has 0 aromatic carbocycles. The molecule has 1 fully saturated rings. The van der Waals surface area contributed by atoms with E-state index in [-0.39, 0.29) is 0 Å². The van der Waals surface area contributed by atoms with Crippen LogP contribution in [-0.4, -0.2) is 55.1 Å². The minimum atomic E-state index is 0.938. The molecule has 6 heteroatoms. The lowest BCUT2D eigenvalue weighted by molar-refractivity contribution is 0.245. The molecule has 6 nitrogen and oxygen atoms in total. The van der Waals surface area contributed by atoms with Gasteiger partial charge in [0.25, 0.3) is 0 Å². The Balaban J connectivity index is 1.37. The first-order chi connectivity index (χ1) is 12.3. The van der Waals surface area contributed by atoms with Crippen LogP contribution in [0.1, 0.15) is 24.6 Å². The number of pyridine rings is 1. The van der Waals surface area contributed by atoms with Crippen LogP contribution in [0.2, 0.25) is 0 Å². The maximum Gasteiger partial charge on any atom is 0.136 e. The number of aryl methyl sites for hydroxylation is 1. The molecule has 0 N–H and O–H groups in total. The molecule has 1 aliphatic heterocycles. The van der Waals surface area contributed by atoms with Gasteiger partial charge in [-0.15, -0.1) is 0 Å². The topological polar surface area (TPSA) is 41.6 Å². The summed E-state index contributed by atoms with van der Waals surface area (Å²) in [4.78, 5) is 9.50. The monoisotopic (exact) mass is 338 g/mol. The van der Waals surface area contributed by atoms with E-state index in [4.69, 9.17) is 0 Å². The average molecular weight is 338 g/mol. The molecule has 1 aliphatic rings. The van der Waals surface area contributed by atoms with E-state index in [1.165, 1.54) is 17.7 Å². The van der Waals surface area contributed by atoms with Crippen molar-refractivity contribution in [2.24, 2.45) is 0 Å². The number of nitrogens with zero attached hydrogens (tertiary/aromatic N) is 6. The lowest BCUT2D eigenvalue weighted by Gasteiger charge is -2.22. The number of hydrogen-bond donors (Lipinski definition) is 0. The summed E-state index contributed by atoms with van der Waals surface area (Å²) in [7, 11) is 0. The fourth-order valence-corrected chi connectivity index (χ4v) is 3.62. The summed E-state index contributed by atoms with van der Waals surface area (Å²) >= 11 is 0. The molecule has 0 spiro atoms. The molecule has 0 bridgehead atoms. The summed E-state index contributed by atoms with van der Waals surface area (Å²) in [5.74, 6) is 0. The van der Waals surface area contributed by atoms with Gasteiger partial charge in [0.1, 0.15) is 5.65 Å². The second-order valence-electron chi connectivity index (χ2n) is 6.78. The third-order valence-electron chi connectivity index (χ3n) is 5.00. The van der Waals surface area contributed by atoms with Gasteiger partial charge in [0.2, 0.25) is 0 Å². The van der Waals surface area contributed by atoms with Gasteiger partial charge in [-0.25, -0.2) is 4.98 Å². The van der Waals surface area contributed by atoms with Crippen LogP contribution in [0.3, 0.4) is 0 Å². The van der Waals surface area contributed by atoms with Crippen molar-refractivity contribution in [2.75, 3.05) is 26.2 Å². The van der Waals surface area contributed by atoms with E-state index in [1.54, 1.807) is 0 Å². The van der Waals surface area contributed by atoms with E-state index in [0.717, 1.165) is 51.5 Å². The van der Waals surface area contributed by atoms with Crippen molar-refractivity contribution in [1.29, 1.82) is 0 Å². The molecule has 0 aliphatic carbocycles. The van der Waals surface area contributed by atoms with Crippen LogP contribution in [0.15, 0.2) is 43.0 Å². The zero-order chi connectivity index (χ0) is 17.1. The van der Waals surface area contributed by atoms with Crippen LogP contribution in [-0.2, 0) is 19.6 Å². The smallest absolute Gasteiger partial charge is 0.136 e. The van der Waals surface area contributed by atoms with Gasteiger partial charge in [-0.2, -0.15) is 5.10 Å². The van der Waals surface area contributed by atoms with Crippen molar-refractivity contribution < 1.29 is 0 Å². The summed E-state index contributed by atoms with van der Waals surface area (Å²) in [5.41, 5.74) is 3.66. The molecule has 4 heterocycles. The number of aromatic nitrogens is 4. The van der Waals surface area contributed by atoms with Crippen LogP contribution in [0.5, 0.6) is 0 Å².